The summed E-state index contributed by atoms with van der Waals surface area (Å²) in [6.07, 6.45) is -1.73. The minimum atomic E-state index is -4.65. The number of nitrogens with one attached hydrogen (secondary N) is 1. The summed E-state index contributed by atoms with van der Waals surface area (Å²) in [4.78, 5) is 17.8. The van der Waals surface area contributed by atoms with Gasteiger partial charge in [0.25, 0.3) is 5.56 Å². The van der Waals surface area contributed by atoms with Crippen LogP contribution in [0.5, 0.6) is 0 Å². The number of alkyl halides is 3. The lowest BCUT2D eigenvalue weighted by atomic mass is 10.0. The Morgan fingerprint density at radius 3 is 2.76 bits per heavy atom. The summed E-state index contributed by atoms with van der Waals surface area (Å²) >= 11 is 6.05. The summed E-state index contributed by atoms with van der Waals surface area (Å²) in [6.45, 7) is 1.23. The van der Waals surface area contributed by atoms with Gasteiger partial charge in [0.2, 0.25) is 0 Å². The predicted octanol–water partition coefficient (Wildman–Crippen LogP) is 3.39. The molecule has 0 fully saturated rings. The number of fused-ring (bicyclic) bond motifs is 1. The highest BCUT2D eigenvalue weighted by atomic mass is 35.5. The molecule has 0 atom stereocenters. The van der Waals surface area contributed by atoms with Crippen molar-refractivity contribution < 1.29 is 17.6 Å². The van der Waals surface area contributed by atoms with Crippen molar-refractivity contribution in [2.24, 2.45) is 0 Å². The molecule has 4 rings (SSSR count). The molecule has 0 radical (unpaired) electrons. The standard InChI is InChI=1S/C18H14ClF4N5O/c19-16-14(8-25-26-17(16)29)27-3-4-28-12(7-24-15(28)9-27)5-10-1-2-11(20)6-13(10)18(21,22)23/h1-2,6-8H,3-5,9H2,(H,26,29). The van der Waals surface area contributed by atoms with Crippen LogP contribution in [0.2, 0.25) is 5.02 Å². The van der Waals surface area contributed by atoms with E-state index >= 15 is 0 Å². The van der Waals surface area contributed by atoms with Gasteiger partial charge in [-0.25, -0.2) is 14.5 Å². The fourth-order valence-electron chi connectivity index (χ4n) is 3.43. The number of hydrogen-bond donors (Lipinski definition) is 1. The Morgan fingerprint density at radius 2 is 2.00 bits per heavy atom. The maximum absolute atomic E-state index is 13.3. The van der Waals surface area contributed by atoms with Gasteiger partial charge in [0.15, 0.2) is 0 Å². The van der Waals surface area contributed by atoms with Gasteiger partial charge in [0.1, 0.15) is 16.7 Å². The molecular formula is C18H14ClF4N5O. The van der Waals surface area contributed by atoms with Gasteiger partial charge < -0.3 is 9.47 Å². The molecule has 152 valence electrons. The number of hydrogen-bond acceptors (Lipinski definition) is 4. The number of imidazole rings is 1. The smallest absolute Gasteiger partial charge is 0.360 e. The lowest BCUT2D eigenvalue weighted by Gasteiger charge is -2.30. The quantitative estimate of drug-likeness (QED) is 0.651. The van der Waals surface area contributed by atoms with E-state index in [1.807, 2.05) is 9.47 Å². The molecule has 0 bridgehead atoms. The SMILES string of the molecule is O=c1[nH]ncc(N2CCn3c(Cc4ccc(F)cc4C(F)(F)F)cnc3C2)c1Cl. The maximum Gasteiger partial charge on any atom is 0.416 e. The van der Waals surface area contributed by atoms with Gasteiger partial charge in [0.05, 0.1) is 24.0 Å². The Bertz CT molecular complexity index is 1120. The molecule has 2 aromatic heterocycles. The van der Waals surface area contributed by atoms with Gasteiger partial charge in [0, 0.05) is 31.4 Å². The molecule has 6 nitrogen and oxygen atoms in total. The van der Waals surface area contributed by atoms with Crippen LogP contribution in [0, 0.1) is 5.82 Å². The predicted molar refractivity (Wildman–Crippen MR) is 97.4 cm³/mol. The van der Waals surface area contributed by atoms with E-state index in [-0.39, 0.29) is 17.0 Å². The van der Waals surface area contributed by atoms with E-state index < -0.39 is 23.1 Å². The number of aromatic amines is 1. The molecule has 0 aliphatic carbocycles. The van der Waals surface area contributed by atoms with Crippen LogP contribution >= 0.6 is 11.6 Å². The van der Waals surface area contributed by atoms with Gasteiger partial charge in [-0.15, -0.1) is 0 Å². The van der Waals surface area contributed by atoms with Crippen molar-refractivity contribution in [1.82, 2.24) is 19.7 Å². The summed E-state index contributed by atoms with van der Waals surface area (Å²) in [6, 6.07) is 2.67. The first kappa shape index (κ1) is 19.4. The molecule has 29 heavy (non-hydrogen) atoms. The summed E-state index contributed by atoms with van der Waals surface area (Å²) in [5.74, 6) is -0.311. The second-order valence-corrected chi connectivity index (χ2v) is 6.99. The fraction of sp³-hybridized carbons (Fsp3) is 0.278. The minimum absolute atomic E-state index is 0.0151. The number of nitrogens with zero attached hydrogens (tertiary/aromatic N) is 4. The molecule has 1 aliphatic heterocycles. The van der Waals surface area contributed by atoms with Crippen molar-refractivity contribution in [2.45, 2.75) is 25.7 Å². The average Bonchev–Trinajstić information content (AvgIpc) is 3.06. The van der Waals surface area contributed by atoms with Crippen LogP contribution in [0.25, 0.3) is 0 Å². The Morgan fingerprint density at radius 1 is 1.21 bits per heavy atom. The Labute approximate surface area is 166 Å². The van der Waals surface area contributed by atoms with E-state index in [0.29, 0.717) is 42.9 Å². The zero-order valence-electron chi connectivity index (χ0n) is 14.8. The zero-order chi connectivity index (χ0) is 20.8. The van der Waals surface area contributed by atoms with Gasteiger partial charge in [-0.2, -0.15) is 18.3 Å². The van der Waals surface area contributed by atoms with Gasteiger partial charge in [-0.1, -0.05) is 17.7 Å². The third kappa shape index (κ3) is 3.71. The van der Waals surface area contributed by atoms with E-state index in [9.17, 15) is 22.4 Å². The fourth-order valence-corrected chi connectivity index (χ4v) is 3.64. The number of H-pyrrole nitrogens is 1. The summed E-state index contributed by atoms with van der Waals surface area (Å²) in [5, 5.41) is 6.01. The molecular weight excluding hydrogens is 414 g/mol. The molecule has 3 heterocycles. The van der Waals surface area contributed by atoms with Crippen LogP contribution < -0.4 is 10.5 Å². The lowest BCUT2D eigenvalue weighted by Crippen LogP contribution is -2.35. The second-order valence-electron chi connectivity index (χ2n) is 6.61. The summed E-state index contributed by atoms with van der Waals surface area (Å²) in [7, 11) is 0. The van der Waals surface area contributed by atoms with Gasteiger partial charge >= 0.3 is 6.18 Å². The summed E-state index contributed by atoms with van der Waals surface area (Å²) in [5.41, 5.74) is -0.469. The third-order valence-electron chi connectivity index (χ3n) is 4.81. The Hall–Kier alpha value is -2.88. The molecule has 1 N–H and O–H groups in total. The van der Waals surface area contributed by atoms with Crippen molar-refractivity contribution in [3.8, 4) is 0 Å². The number of halogens is 5. The first-order chi connectivity index (χ1) is 13.7. The topological polar surface area (TPSA) is 66.8 Å². The average molecular weight is 428 g/mol. The Balaban J connectivity index is 1.62. The molecule has 1 aromatic carbocycles. The van der Waals surface area contributed by atoms with Crippen molar-refractivity contribution in [2.75, 3.05) is 11.4 Å². The number of benzene rings is 1. The summed E-state index contributed by atoms with van der Waals surface area (Å²) < 4.78 is 54.9. The van der Waals surface area contributed by atoms with Crippen LogP contribution in [0.4, 0.5) is 23.2 Å². The van der Waals surface area contributed by atoms with Crippen LogP contribution in [0.3, 0.4) is 0 Å². The van der Waals surface area contributed by atoms with Crippen molar-refractivity contribution in [1.29, 1.82) is 0 Å². The molecule has 0 saturated heterocycles. The molecule has 11 heteroatoms. The lowest BCUT2D eigenvalue weighted by molar-refractivity contribution is -0.138. The number of aromatic nitrogens is 4. The molecule has 1 aliphatic rings. The second kappa shape index (κ2) is 7.18. The van der Waals surface area contributed by atoms with Crippen molar-refractivity contribution in [3.05, 3.63) is 74.4 Å². The highest BCUT2D eigenvalue weighted by molar-refractivity contribution is 6.32. The molecule has 0 saturated carbocycles. The minimum Gasteiger partial charge on any atom is -0.360 e. The van der Waals surface area contributed by atoms with Crippen LogP contribution in [0.15, 0.2) is 35.4 Å². The Kier molecular flexibility index (Phi) is 4.81. The van der Waals surface area contributed by atoms with Crippen LogP contribution in [0.1, 0.15) is 22.6 Å². The first-order valence-electron chi connectivity index (χ1n) is 8.61. The van der Waals surface area contributed by atoms with Crippen LogP contribution in [-0.4, -0.2) is 26.3 Å². The van der Waals surface area contributed by atoms with E-state index in [0.717, 1.165) is 12.1 Å². The van der Waals surface area contributed by atoms with E-state index in [2.05, 4.69) is 15.2 Å². The zero-order valence-corrected chi connectivity index (χ0v) is 15.6. The van der Waals surface area contributed by atoms with Gasteiger partial charge in [-0.3, -0.25) is 4.79 Å². The number of rotatable bonds is 3. The van der Waals surface area contributed by atoms with Crippen molar-refractivity contribution >= 4 is 17.3 Å². The molecule has 0 amide bonds. The van der Waals surface area contributed by atoms with Gasteiger partial charge in [-0.05, 0) is 17.7 Å². The highest BCUT2D eigenvalue weighted by Crippen LogP contribution is 2.34. The van der Waals surface area contributed by atoms with E-state index in [1.54, 1.807) is 0 Å². The molecule has 0 spiro atoms. The molecule has 0 unspecified atom stereocenters. The molecule has 3 aromatic rings. The largest absolute Gasteiger partial charge is 0.416 e. The van der Waals surface area contributed by atoms with E-state index in [4.69, 9.17) is 11.6 Å². The third-order valence-corrected chi connectivity index (χ3v) is 5.18. The number of anilines is 1. The van der Waals surface area contributed by atoms with Crippen LogP contribution in [-0.2, 0) is 25.7 Å². The highest BCUT2D eigenvalue weighted by Gasteiger charge is 2.34. The monoisotopic (exact) mass is 427 g/mol. The normalized spacial score (nSPS) is 14.2. The maximum atomic E-state index is 13.3. The van der Waals surface area contributed by atoms with E-state index in [1.165, 1.54) is 12.4 Å². The van der Waals surface area contributed by atoms with Crippen molar-refractivity contribution in [3.63, 3.8) is 0 Å². The first-order valence-corrected chi connectivity index (χ1v) is 8.99.